The second kappa shape index (κ2) is 15.7. The molecule has 0 saturated heterocycles. The van der Waals surface area contributed by atoms with Gasteiger partial charge >= 0.3 is 0 Å². The normalized spacial score (nSPS) is 9.86. The van der Waals surface area contributed by atoms with E-state index >= 15 is 0 Å². The minimum Gasteiger partial charge on any atom is -0.396 e. The van der Waals surface area contributed by atoms with Crippen LogP contribution in [0.5, 0.6) is 0 Å². The molecule has 0 saturated carbocycles. The summed E-state index contributed by atoms with van der Waals surface area (Å²) in [5.41, 5.74) is 0. The second-order valence-electron chi connectivity index (χ2n) is 3.59. The van der Waals surface area contributed by atoms with Gasteiger partial charge in [0.15, 0.2) is 0 Å². The fourth-order valence-corrected chi connectivity index (χ4v) is 1.36. The highest BCUT2D eigenvalue weighted by atomic mass is 35.5. The van der Waals surface area contributed by atoms with Crippen molar-refractivity contribution in [2.75, 3.05) is 19.7 Å². The van der Waals surface area contributed by atoms with Crippen molar-refractivity contribution in [3.8, 4) is 0 Å². The van der Waals surface area contributed by atoms with Crippen LogP contribution in [0.3, 0.4) is 0 Å². The van der Waals surface area contributed by atoms with Crippen molar-refractivity contribution < 1.29 is 5.11 Å². The maximum absolute atomic E-state index is 8.53. The SMILES string of the molecule is CCCCCCCCNCCCO.Cl. The van der Waals surface area contributed by atoms with Gasteiger partial charge in [-0.15, -0.1) is 12.4 Å². The van der Waals surface area contributed by atoms with E-state index in [1.54, 1.807) is 0 Å². The molecule has 0 bridgehead atoms. The van der Waals surface area contributed by atoms with Gasteiger partial charge in [0, 0.05) is 6.61 Å². The number of aliphatic hydroxyl groups excluding tert-OH is 1. The van der Waals surface area contributed by atoms with Gasteiger partial charge in [0.05, 0.1) is 0 Å². The van der Waals surface area contributed by atoms with E-state index in [4.69, 9.17) is 5.11 Å². The molecule has 0 amide bonds. The van der Waals surface area contributed by atoms with E-state index in [2.05, 4.69) is 12.2 Å². The van der Waals surface area contributed by atoms with Crippen LogP contribution in [-0.4, -0.2) is 24.8 Å². The number of halogens is 1. The van der Waals surface area contributed by atoms with E-state index in [-0.39, 0.29) is 12.4 Å². The first kappa shape index (κ1) is 16.6. The first-order chi connectivity index (χ1) is 6.41. The molecule has 0 aromatic carbocycles. The lowest BCUT2D eigenvalue weighted by Crippen LogP contribution is -2.17. The predicted octanol–water partition coefficient (Wildman–Crippen LogP) is 2.74. The third kappa shape index (κ3) is 14.7. The highest BCUT2D eigenvalue weighted by Gasteiger charge is 1.89. The molecule has 0 spiro atoms. The molecule has 0 heterocycles. The molecule has 88 valence electrons. The van der Waals surface area contributed by atoms with Crippen molar-refractivity contribution in [2.45, 2.75) is 51.9 Å². The van der Waals surface area contributed by atoms with Crippen LogP contribution in [0.25, 0.3) is 0 Å². The Kier molecular flexibility index (Phi) is 18.6. The van der Waals surface area contributed by atoms with Crippen LogP contribution >= 0.6 is 12.4 Å². The lowest BCUT2D eigenvalue weighted by atomic mass is 10.1. The Morgan fingerprint density at radius 1 is 0.857 bits per heavy atom. The van der Waals surface area contributed by atoms with Crippen molar-refractivity contribution in [3.05, 3.63) is 0 Å². The first-order valence-electron chi connectivity index (χ1n) is 5.73. The summed E-state index contributed by atoms with van der Waals surface area (Å²) in [6, 6.07) is 0. The number of nitrogens with one attached hydrogen (secondary N) is 1. The maximum atomic E-state index is 8.53. The number of rotatable bonds is 10. The van der Waals surface area contributed by atoms with E-state index in [9.17, 15) is 0 Å². The Hall–Kier alpha value is 0.210. The van der Waals surface area contributed by atoms with Crippen LogP contribution < -0.4 is 5.32 Å². The summed E-state index contributed by atoms with van der Waals surface area (Å²) < 4.78 is 0. The van der Waals surface area contributed by atoms with Crippen molar-refractivity contribution in [1.29, 1.82) is 0 Å². The summed E-state index contributed by atoms with van der Waals surface area (Å²) in [4.78, 5) is 0. The quantitative estimate of drug-likeness (QED) is 0.559. The van der Waals surface area contributed by atoms with Crippen LogP contribution in [0.1, 0.15) is 51.9 Å². The molecule has 0 aliphatic carbocycles. The Morgan fingerprint density at radius 3 is 2.07 bits per heavy atom. The molecule has 0 aliphatic heterocycles. The van der Waals surface area contributed by atoms with Crippen LogP contribution in [-0.2, 0) is 0 Å². The average molecular weight is 224 g/mol. The second-order valence-corrected chi connectivity index (χ2v) is 3.59. The zero-order chi connectivity index (χ0) is 9.78. The minimum absolute atomic E-state index is 0. The molecule has 0 rings (SSSR count). The predicted molar refractivity (Wildman–Crippen MR) is 65.2 cm³/mol. The summed E-state index contributed by atoms with van der Waals surface area (Å²) in [5.74, 6) is 0. The molecule has 2 nitrogen and oxygen atoms in total. The highest BCUT2D eigenvalue weighted by Crippen LogP contribution is 2.03. The largest absolute Gasteiger partial charge is 0.396 e. The monoisotopic (exact) mass is 223 g/mol. The van der Waals surface area contributed by atoms with E-state index in [0.717, 1.165) is 19.5 Å². The first-order valence-corrected chi connectivity index (χ1v) is 5.73. The van der Waals surface area contributed by atoms with Gasteiger partial charge in [0.25, 0.3) is 0 Å². The average Bonchev–Trinajstić information content (AvgIpc) is 2.16. The lowest BCUT2D eigenvalue weighted by Gasteiger charge is -2.02. The third-order valence-electron chi connectivity index (χ3n) is 2.22. The van der Waals surface area contributed by atoms with Crippen molar-refractivity contribution in [1.82, 2.24) is 5.32 Å². The van der Waals surface area contributed by atoms with Gasteiger partial charge in [-0.05, 0) is 25.9 Å². The molecule has 0 unspecified atom stereocenters. The van der Waals surface area contributed by atoms with E-state index in [1.165, 1.54) is 38.5 Å². The number of hydrogen-bond donors (Lipinski definition) is 2. The zero-order valence-corrected chi connectivity index (χ0v) is 10.2. The van der Waals surface area contributed by atoms with E-state index in [1.807, 2.05) is 0 Å². The van der Waals surface area contributed by atoms with Gasteiger partial charge in [-0.1, -0.05) is 39.0 Å². The van der Waals surface area contributed by atoms with Gasteiger partial charge in [-0.25, -0.2) is 0 Å². The van der Waals surface area contributed by atoms with Crippen molar-refractivity contribution >= 4 is 12.4 Å². The van der Waals surface area contributed by atoms with Crippen LogP contribution in [0, 0.1) is 0 Å². The summed E-state index contributed by atoms with van der Waals surface area (Å²) in [6.07, 6.45) is 9.02. The van der Waals surface area contributed by atoms with Gasteiger partial charge in [0.1, 0.15) is 0 Å². The van der Waals surface area contributed by atoms with Gasteiger partial charge in [-0.3, -0.25) is 0 Å². The molecule has 0 fully saturated rings. The molecule has 0 atom stereocenters. The molecule has 0 aromatic heterocycles. The summed E-state index contributed by atoms with van der Waals surface area (Å²) in [6.45, 7) is 4.64. The van der Waals surface area contributed by atoms with Crippen LogP contribution in [0.15, 0.2) is 0 Å². The molecule has 3 heteroatoms. The summed E-state index contributed by atoms with van der Waals surface area (Å²) >= 11 is 0. The van der Waals surface area contributed by atoms with Crippen molar-refractivity contribution in [3.63, 3.8) is 0 Å². The smallest absolute Gasteiger partial charge is 0.0443 e. The van der Waals surface area contributed by atoms with Crippen LogP contribution in [0.4, 0.5) is 0 Å². The summed E-state index contributed by atoms with van der Waals surface area (Å²) in [7, 11) is 0. The molecule has 0 aliphatic rings. The van der Waals surface area contributed by atoms with Gasteiger partial charge < -0.3 is 10.4 Å². The van der Waals surface area contributed by atoms with Crippen LogP contribution in [0.2, 0.25) is 0 Å². The summed E-state index contributed by atoms with van der Waals surface area (Å²) in [5, 5.41) is 11.8. The lowest BCUT2D eigenvalue weighted by molar-refractivity contribution is 0.286. The molecule has 2 N–H and O–H groups in total. The van der Waals surface area contributed by atoms with Gasteiger partial charge in [0.2, 0.25) is 0 Å². The van der Waals surface area contributed by atoms with E-state index < -0.39 is 0 Å². The minimum atomic E-state index is 0. The molecular weight excluding hydrogens is 198 g/mol. The standard InChI is InChI=1S/C11H25NO.ClH/c1-2-3-4-5-6-7-9-12-10-8-11-13;/h12-13H,2-11H2,1H3;1H. The maximum Gasteiger partial charge on any atom is 0.0443 e. The number of hydrogen-bond acceptors (Lipinski definition) is 2. The molecule has 14 heavy (non-hydrogen) atoms. The molecule has 0 aromatic rings. The third-order valence-corrected chi connectivity index (χ3v) is 2.22. The Labute approximate surface area is 94.9 Å². The molecule has 0 radical (unpaired) electrons. The van der Waals surface area contributed by atoms with E-state index in [0.29, 0.717) is 6.61 Å². The van der Waals surface area contributed by atoms with Gasteiger partial charge in [-0.2, -0.15) is 0 Å². The molecular formula is C11H26ClNO. The Balaban J connectivity index is 0. The fourth-order valence-electron chi connectivity index (χ4n) is 1.36. The fraction of sp³-hybridized carbons (Fsp3) is 1.00. The topological polar surface area (TPSA) is 32.3 Å². The zero-order valence-electron chi connectivity index (χ0n) is 9.43. The number of aliphatic hydroxyl groups is 1. The van der Waals surface area contributed by atoms with Crippen molar-refractivity contribution in [2.24, 2.45) is 0 Å². The highest BCUT2D eigenvalue weighted by molar-refractivity contribution is 5.85. The number of unbranched alkanes of at least 4 members (excludes halogenated alkanes) is 5. The Morgan fingerprint density at radius 2 is 1.43 bits per heavy atom. The Bertz CT molecular complexity index is 81.4.